The molecule has 1 amide bonds. The normalized spacial score (nSPS) is 11.9. The molecule has 0 fully saturated rings. The Labute approximate surface area is 188 Å². The number of carbonyl (C=O) groups excluding carboxylic acids is 1. The van der Waals surface area contributed by atoms with Crippen molar-refractivity contribution < 1.29 is 14.3 Å². The Bertz CT molecular complexity index is 1260. The molecular formula is C27H28N2O3. The van der Waals surface area contributed by atoms with Crippen molar-refractivity contribution in [2.45, 2.75) is 26.2 Å². The average molecular weight is 429 g/mol. The molecule has 0 bridgehead atoms. The first-order valence-corrected chi connectivity index (χ1v) is 10.7. The minimum Gasteiger partial charge on any atom is -0.493 e. The summed E-state index contributed by atoms with van der Waals surface area (Å²) in [7, 11) is 3.25. The van der Waals surface area contributed by atoms with Crippen molar-refractivity contribution in [1.29, 1.82) is 0 Å². The van der Waals surface area contributed by atoms with Gasteiger partial charge in [-0.05, 0) is 54.8 Å². The molecule has 164 valence electrons. The number of methoxy groups -OCH3 is 2. The smallest absolute Gasteiger partial charge is 0.225 e. The third kappa shape index (κ3) is 4.19. The molecule has 1 heterocycles. The molecule has 32 heavy (non-hydrogen) atoms. The summed E-state index contributed by atoms with van der Waals surface area (Å²) in [5.74, 6) is 1.00. The summed E-state index contributed by atoms with van der Waals surface area (Å²) in [4.78, 5) is 16.5. The lowest BCUT2D eigenvalue weighted by molar-refractivity contribution is -0.116. The highest BCUT2D eigenvalue weighted by atomic mass is 16.5. The Morgan fingerprint density at radius 1 is 0.938 bits per heavy atom. The van der Waals surface area contributed by atoms with Crippen LogP contribution in [-0.2, 0) is 4.79 Å². The van der Waals surface area contributed by atoms with Gasteiger partial charge in [0.05, 0.1) is 14.2 Å². The van der Waals surface area contributed by atoms with Crippen LogP contribution in [-0.4, -0.2) is 25.1 Å². The molecular weight excluding hydrogens is 400 g/mol. The molecule has 4 aromatic rings. The minimum atomic E-state index is -0.220. The van der Waals surface area contributed by atoms with Gasteiger partial charge in [-0.25, -0.2) is 0 Å². The van der Waals surface area contributed by atoms with Crippen molar-refractivity contribution in [1.82, 2.24) is 4.98 Å². The van der Waals surface area contributed by atoms with Crippen LogP contribution in [0.15, 0.2) is 66.9 Å². The predicted octanol–water partition coefficient (Wildman–Crippen LogP) is 5.96. The van der Waals surface area contributed by atoms with Crippen LogP contribution >= 0.6 is 0 Å². The summed E-state index contributed by atoms with van der Waals surface area (Å²) < 4.78 is 11.2. The Morgan fingerprint density at radius 2 is 1.75 bits per heavy atom. The number of amides is 1. The van der Waals surface area contributed by atoms with Crippen molar-refractivity contribution in [2.75, 3.05) is 19.5 Å². The van der Waals surface area contributed by atoms with Gasteiger partial charge in [0.25, 0.3) is 0 Å². The van der Waals surface area contributed by atoms with Crippen molar-refractivity contribution in [3.05, 3.63) is 89.1 Å². The number of benzene rings is 3. The van der Waals surface area contributed by atoms with Crippen LogP contribution in [0.4, 0.5) is 5.69 Å². The lowest BCUT2D eigenvalue weighted by atomic mass is 9.87. The van der Waals surface area contributed by atoms with E-state index in [1.54, 1.807) is 14.2 Å². The van der Waals surface area contributed by atoms with E-state index in [0.717, 1.165) is 33.3 Å². The van der Waals surface area contributed by atoms with E-state index in [1.807, 2.05) is 67.7 Å². The first kappa shape index (κ1) is 21.5. The largest absolute Gasteiger partial charge is 0.493 e. The SMILES string of the molecule is COc1cccc(C(CC(=O)Nc2ccc(C)c(C)c2)c2c[nH]c3ccccc23)c1OC. The third-order valence-corrected chi connectivity index (χ3v) is 5.99. The predicted molar refractivity (Wildman–Crippen MR) is 129 cm³/mol. The number of carbonyl (C=O) groups is 1. The summed E-state index contributed by atoms with van der Waals surface area (Å²) in [6.07, 6.45) is 2.25. The number of hydrogen-bond donors (Lipinski definition) is 2. The highest BCUT2D eigenvalue weighted by Gasteiger charge is 2.26. The fraction of sp³-hybridized carbons (Fsp3) is 0.222. The molecule has 0 saturated heterocycles. The molecule has 1 atom stereocenters. The Kier molecular flexibility index (Phi) is 6.17. The zero-order valence-corrected chi connectivity index (χ0v) is 18.9. The maximum absolute atomic E-state index is 13.2. The highest BCUT2D eigenvalue weighted by Crippen LogP contribution is 2.42. The molecule has 0 spiro atoms. The van der Waals surface area contributed by atoms with Gasteiger partial charge in [0.1, 0.15) is 0 Å². The quantitative estimate of drug-likeness (QED) is 0.382. The molecule has 0 aliphatic carbocycles. The number of nitrogens with one attached hydrogen (secondary N) is 2. The molecule has 0 aliphatic rings. The molecule has 0 aliphatic heterocycles. The van der Waals surface area contributed by atoms with E-state index in [1.165, 1.54) is 5.56 Å². The summed E-state index contributed by atoms with van der Waals surface area (Å²) >= 11 is 0. The monoisotopic (exact) mass is 428 g/mol. The van der Waals surface area contributed by atoms with Crippen LogP contribution in [0, 0.1) is 13.8 Å². The molecule has 5 heteroatoms. The van der Waals surface area contributed by atoms with Gasteiger partial charge in [-0.3, -0.25) is 4.79 Å². The number of rotatable bonds is 7. The minimum absolute atomic E-state index is 0.0617. The molecule has 1 unspecified atom stereocenters. The molecule has 2 N–H and O–H groups in total. The number of fused-ring (bicyclic) bond motifs is 1. The summed E-state index contributed by atoms with van der Waals surface area (Å²) in [6, 6.07) is 19.9. The van der Waals surface area contributed by atoms with Crippen LogP contribution in [0.5, 0.6) is 11.5 Å². The number of H-pyrrole nitrogens is 1. The Hall–Kier alpha value is -3.73. The van der Waals surface area contributed by atoms with Crippen LogP contribution in [0.3, 0.4) is 0 Å². The molecule has 0 saturated carbocycles. The van der Waals surface area contributed by atoms with Gasteiger partial charge in [0.2, 0.25) is 5.91 Å². The zero-order valence-electron chi connectivity index (χ0n) is 18.9. The maximum Gasteiger partial charge on any atom is 0.225 e. The number of anilines is 1. The number of hydrogen-bond acceptors (Lipinski definition) is 3. The standard InChI is InChI=1S/C27H28N2O3/c1-17-12-13-19(14-18(17)2)29-26(30)15-22(21-9-7-11-25(31-3)27(21)32-4)23-16-28-24-10-6-5-8-20(23)24/h5-14,16,22,28H,15H2,1-4H3,(H,29,30). The van der Waals surface area contributed by atoms with Crippen molar-refractivity contribution >= 4 is 22.5 Å². The molecule has 1 aromatic heterocycles. The Balaban J connectivity index is 1.75. The lowest BCUT2D eigenvalue weighted by Gasteiger charge is -2.21. The summed E-state index contributed by atoms with van der Waals surface area (Å²) in [5.41, 5.74) is 6.12. The fourth-order valence-electron chi connectivity index (χ4n) is 4.17. The second kappa shape index (κ2) is 9.18. The first-order valence-electron chi connectivity index (χ1n) is 10.7. The van der Waals surface area contributed by atoms with E-state index in [2.05, 4.69) is 23.3 Å². The Morgan fingerprint density at radius 3 is 2.50 bits per heavy atom. The third-order valence-electron chi connectivity index (χ3n) is 5.99. The molecule has 5 nitrogen and oxygen atoms in total. The van der Waals surface area contributed by atoms with Gasteiger partial charge >= 0.3 is 0 Å². The number of aromatic nitrogens is 1. The lowest BCUT2D eigenvalue weighted by Crippen LogP contribution is -2.17. The van der Waals surface area contributed by atoms with E-state index >= 15 is 0 Å². The van der Waals surface area contributed by atoms with Gasteiger partial charge < -0.3 is 19.8 Å². The van der Waals surface area contributed by atoms with Crippen molar-refractivity contribution in [3.8, 4) is 11.5 Å². The van der Waals surface area contributed by atoms with E-state index in [-0.39, 0.29) is 18.2 Å². The highest BCUT2D eigenvalue weighted by molar-refractivity contribution is 5.93. The van der Waals surface area contributed by atoms with Crippen molar-refractivity contribution in [2.24, 2.45) is 0 Å². The molecule has 4 rings (SSSR count). The van der Waals surface area contributed by atoms with Crippen LogP contribution < -0.4 is 14.8 Å². The maximum atomic E-state index is 13.2. The second-order valence-electron chi connectivity index (χ2n) is 7.98. The van der Waals surface area contributed by atoms with E-state index in [4.69, 9.17) is 9.47 Å². The van der Waals surface area contributed by atoms with Gasteiger partial charge in [-0.15, -0.1) is 0 Å². The number of aryl methyl sites for hydroxylation is 2. The summed E-state index contributed by atoms with van der Waals surface area (Å²) in [5, 5.41) is 4.15. The number of para-hydroxylation sites is 2. The molecule has 3 aromatic carbocycles. The zero-order chi connectivity index (χ0) is 22.7. The van der Waals surface area contributed by atoms with Crippen LogP contribution in [0.25, 0.3) is 10.9 Å². The second-order valence-corrected chi connectivity index (χ2v) is 7.98. The fourth-order valence-corrected chi connectivity index (χ4v) is 4.17. The molecule has 0 radical (unpaired) electrons. The first-order chi connectivity index (χ1) is 15.5. The number of ether oxygens (including phenoxy) is 2. The average Bonchev–Trinajstić information content (AvgIpc) is 3.23. The van der Waals surface area contributed by atoms with Gasteiger partial charge in [0.15, 0.2) is 11.5 Å². The summed E-state index contributed by atoms with van der Waals surface area (Å²) in [6.45, 7) is 4.10. The van der Waals surface area contributed by atoms with Gasteiger partial charge in [-0.1, -0.05) is 36.4 Å². The van der Waals surface area contributed by atoms with Crippen LogP contribution in [0.2, 0.25) is 0 Å². The topological polar surface area (TPSA) is 63.3 Å². The van der Waals surface area contributed by atoms with Gasteiger partial charge in [-0.2, -0.15) is 0 Å². The van der Waals surface area contributed by atoms with E-state index in [0.29, 0.717) is 11.5 Å². The van der Waals surface area contributed by atoms with Crippen molar-refractivity contribution in [3.63, 3.8) is 0 Å². The van der Waals surface area contributed by atoms with E-state index in [9.17, 15) is 4.79 Å². The van der Waals surface area contributed by atoms with E-state index < -0.39 is 0 Å². The van der Waals surface area contributed by atoms with Gasteiger partial charge in [0, 0.05) is 40.7 Å². The van der Waals surface area contributed by atoms with Crippen LogP contribution in [0.1, 0.15) is 34.6 Å². The number of aromatic amines is 1.